The van der Waals surface area contributed by atoms with Gasteiger partial charge in [0.15, 0.2) is 0 Å². The molecule has 0 aliphatic carbocycles. The molecule has 0 atom stereocenters. The van der Waals surface area contributed by atoms with Crippen LogP contribution in [-0.4, -0.2) is 36.4 Å². The largest absolute Gasteiger partial charge is 0.408 e. The van der Waals surface area contributed by atoms with Crippen LogP contribution < -0.4 is 10.2 Å². The maximum Gasteiger partial charge on any atom is 0.318 e. The van der Waals surface area contributed by atoms with Crippen molar-refractivity contribution in [2.45, 2.75) is 32.6 Å². The number of rotatable bonds is 4. The van der Waals surface area contributed by atoms with E-state index in [9.17, 15) is 0 Å². The van der Waals surface area contributed by atoms with E-state index in [-0.39, 0.29) is 0 Å². The van der Waals surface area contributed by atoms with Crippen LogP contribution in [0.1, 0.15) is 38.5 Å². The smallest absolute Gasteiger partial charge is 0.318 e. The molecule has 2 rings (SSSR count). The van der Waals surface area contributed by atoms with E-state index in [0.717, 1.165) is 44.9 Å². The van der Waals surface area contributed by atoms with Gasteiger partial charge in [0.2, 0.25) is 5.89 Å². The summed E-state index contributed by atoms with van der Waals surface area (Å²) in [6.07, 6.45) is 2.19. The quantitative estimate of drug-likeness (QED) is 0.837. The van der Waals surface area contributed by atoms with Crippen molar-refractivity contribution in [2.75, 3.05) is 31.1 Å². The maximum absolute atomic E-state index is 5.74. The van der Waals surface area contributed by atoms with E-state index in [1.54, 1.807) is 0 Å². The summed E-state index contributed by atoms with van der Waals surface area (Å²) in [4.78, 5) is 2.08. The third kappa shape index (κ3) is 2.35. The van der Waals surface area contributed by atoms with E-state index in [1.165, 1.54) is 0 Å². The molecule has 0 saturated carbocycles. The van der Waals surface area contributed by atoms with E-state index in [1.807, 2.05) is 0 Å². The fraction of sp³-hybridized carbons (Fsp3) is 0.818. The third-order valence-electron chi connectivity index (χ3n) is 3.15. The van der Waals surface area contributed by atoms with E-state index in [4.69, 9.17) is 4.42 Å². The lowest BCUT2D eigenvalue weighted by Crippen LogP contribution is -2.26. The second kappa shape index (κ2) is 5.30. The maximum atomic E-state index is 5.74. The molecule has 1 aliphatic rings. The van der Waals surface area contributed by atoms with Crippen LogP contribution in [0.25, 0.3) is 0 Å². The molecule has 1 aliphatic heterocycles. The minimum atomic E-state index is 0.443. The summed E-state index contributed by atoms with van der Waals surface area (Å²) in [5, 5.41) is 11.6. The van der Waals surface area contributed by atoms with Gasteiger partial charge in [0.1, 0.15) is 0 Å². The number of nitrogens with one attached hydrogen (secondary N) is 1. The summed E-state index contributed by atoms with van der Waals surface area (Å²) in [5.74, 6) is 1.25. The zero-order chi connectivity index (χ0) is 11.4. The van der Waals surface area contributed by atoms with E-state index in [0.29, 0.717) is 11.9 Å². The zero-order valence-corrected chi connectivity index (χ0v) is 10.1. The number of aromatic nitrogens is 2. The SMILES string of the molecule is CCN(CC)c1nnc(C2CCNCC2)o1. The summed E-state index contributed by atoms with van der Waals surface area (Å²) in [7, 11) is 0. The normalized spacial score (nSPS) is 17.6. The van der Waals surface area contributed by atoms with Gasteiger partial charge in [0.05, 0.1) is 0 Å². The molecule has 0 radical (unpaired) electrons. The fourth-order valence-electron chi connectivity index (χ4n) is 2.08. The van der Waals surface area contributed by atoms with Gasteiger partial charge in [-0.15, -0.1) is 5.10 Å². The highest BCUT2D eigenvalue weighted by Gasteiger charge is 2.22. The van der Waals surface area contributed by atoms with Crippen molar-refractivity contribution in [2.24, 2.45) is 0 Å². The Hall–Kier alpha value is -1.10. The van der Waals surface area contributed by atoms with Crippen molar-refractivity contribution >= 4 is 6.01 Å². The molecule has 1 saturated heterocycles. The van der Waals surface area contributed by atoms with E-state index >= 15 is 0 Å². The van der Waals surface area contributed by atoms with Crippen LogP contribution in [0.2, 0.25) is 0 Å². The molecule has 1 aromatic heterocycles. The molecule has 1 N–H and O–H groups in total. The number of piperidine rings is 1. The highest BCUT2D eigenvalue weighted by Crippen LogP contribution is 2.25. The standard InChI is InChI=1S/C11H20N4O/c1-3-15(4-2)11-14-13-10(16-11)9-5-7-12-8-6-9/h9,12H,3-8H2,1-2H3. The topological polar surface area (TPSA) is 54.2 Å². The molecule has 0 amide bonds. The Bertz CT molecular complexity index is 316. The molecule has 0 unspecified atom stereocenters. The molecule has 1 fully saturated rings. The van der Waals surface area contributed by atoms with Gasteiger partial charge in [-0.2, -0.15) is 0 Å². The van der Waals surface area contributed by atoms with Gasteiger partial charge in [0, 0.05) is 19.0 Å². The Morgan fingerprint density at radius 3 is 2.56 bits per heavy atom. The highest BCUT2D eigenvalue weighted by molar-refractivity contribution is 5.23. The lowest BCUT2D eigenvalue weighted by atomic mass is 9.98. The van der Waals surface area contributed by atoms with E-state index in [2.05, 4.69) is 34.3 Å². The Balaban J connectivity index is 2.05. The van der Waals surface area contributed by atoms with Crippen LogP contribution in [-0.2, 0) is 0 Å². The first-order chi connectivity index (χ1) is 7.85. The van der Waals surface area contributed by atoms with Crippen LogP contribution in [0.4, 0.5) is 6.01 Å². The predicted octanol–water partition coefficient (Wildman–Crippen LogP) is 1.38. The van der Waals surface area contributed by atoms with Gasteiger partial charge >= 0.3 is 6.01 Å². The van der Waals surface area contributed by atoms with Gasteiger partial charge < -0.3 is 14.6 Å². The Kier molecular flexibility index (Phi) is 3.77. The average molecular weight is 224 g/mol. The van der Waals surface area contributed by atoms with Crippen LogP contribution >= 0.6 is 0 Å². The number of nitrogens with zero attached hydrogens (tertiary/aromatic N) is 3. The summed E-state index contributed by atoms with van der Waals surface area (Å²) < 4.78 is 5.74. The number of anilines is 1. The van der Waals surface area contributed by atoms with Crippen molar-refractivity contribution in [3.63, 3.8) is 0 Å². The Morgan fingerprint density at radius 2 is 1.94 bits per heavy atom. The summed E-state index contributed by atoms with van der Waals surface area (Å²) in [6, 6.07) is 0.665. The second-order valence-corrected chi connectivity index (χ2v) is 4.12. The molecule has 5 nitrogen and oxygen atoms in total. The number of hydrogen-bond donors (Lipinski definition) is 1. The van der Waals surface area contributed by atoms with Gasteiger partial charge in [-0.25, -0.2) is 0 Å². The van der Waals surface area contributed by atoms with Crippen LogP contribution in [0.5, 0.6) is 0 Å². The monoisotopic (exact) mass is 224 g/mol. The lowest BCUT2D eigenvalue weighted by Gasteiger charge is -2.19. The van der Waals surface area contributed by atoms with Crippen molar-refractivity contribution < 1.29 is 4.42 Å². The molecule has 90 valence electrons. The molecule has 2 heterocycles. The molecule has 0 bridgehead atoms. The number of hydrogen-bond acceptors (Lipinski definition) is 5. The fourth-order valence-corrected chi connectivity index (χ4v) is 2.08. The Labute approximate surface area is 96.2 Å². The zero-order valence-electron chi connectivity index (χ0n) is 10.1. The molecule has 0 spiro atoms. The minimum absolute atomic E-state index is 0.443. The average Bonchev–Trinajstić information content (AvgIpc) is 2.81. The second-order valence-electron chi connectivity index (χ2n) is 4.12. The van der Waals surface area contributed by atoms with Crippen LogP contribution in [0.15, 0.2) is 4.42 Å². The lowest BCUT2D eigenvalue weighted by molar-refractivity contribution is 0.374. The van der Waals surface area contributed by atoms with Gasteiger partial charge in [-0.1, -0.05) is 5.10 Å². The van der Waals surface area contributed by atoms with Gasteiger partial charge in [-0.05, 0) is 39.8 Å². The summed E-state index contributed by atoms with van der Waals surface area (Å²) in [6.45, 7) is 8.10. The first-order valence-electron chi connectivity index (χ1n) is 6.14. The van der Waals surface area contributed by atoms with Crippen molar-refractivity contribution in [3.05, 3.63) is 5.89 Å². The van der Waals surface area contributed by atoms with Gasteiger partial charge in [-0.3, -0.25) is 0 Å². The van der Waals surface area contributed by atoms with Crippen LogP contribution in [0, 0.1) is 0 Å². The van der Waals surface area contributed by atoms with Crippen molar-refractivity contribution in [1.29, 1.82) is 0 Å². The van der Waals surface area contributed by atoms with Crippen molar-refractivity contribution in [3.8, 4) is 0 Å². The highest BCUT2D eigenvalue weighted by atomic mass is 16.4. The molecule has 16 heavy (non-hydrogen) atoms. The molecule has 0 aromatic carbocycles. The Morgan fingerprint density at radius 1 is 1.25 bits per heavy atom. The molecular formula is C11H20N4O. The van der Waals surface area contributed by atoms with Gasteiger partial charge in [0.25, 0.3) is 0 Å². The minimum Gasteiger partial charge on any atom is -0.408 e. The summed E-state index contributed by atoms with van der Waals surface area (Å²) in [5.41, 5.74) is 0. The van der Waals surface area contributed by atoms with Crippen LogP contribution in [0.3, 0.4) is 0 Å². The predicted molar refractivity (Wildman–Crippen MR) is 62.7 cm³/mol. The first-order valence-corrected chi connectivity index (χ1v) is 6.14. The van der Waals surface area contributed by atoms with E-state index < -0.39 is 0 Å². The first kappa shape index (κ1) is 11.4. The van der Waals surface area contributed by atoms with Crippen molar-refractivity contribution in [1.82, 2.24) is 15.5 Å². The molecule has 1 aromatic rings. The molecule has 5 heteroatoms. The molecular weight excluding hydrogens is 204 g/mol. The third-order valence-corrected chi connectivity index (χ3v) is 3.15. The summed E-state index contributed by atoms with van der Waals surface area (Å²) >= 11 is 0.